The Balaban J connectivity index is 1.84. The zero-order valence-electron chi connectivity index (χ0n) is 14.2. The minimum Gasteiger partial charge on any atom is -0.497 e. The highest BCUT2D eigenvalue weighted by molar-refractivity contribution is 5.95. The molecule has 1 aromatic rings. The number of benzene rings is 1. The van der Waals surface area contributed by atoms with Gasteiger partial charge < -0.3 is 19.3 Å². The van der Waals surface area contributed by atoms with Gasteiger partial charge in [0, 0.05) is 30.3 Å². The number of hydrogen-bond donors (Lipinski definition) is 0. The van der Waals surface area contributed by atoms with Crippen molar-refractivity contribution in [3.63, 3.8) is 0 Å². The highest BCUT2D eigenvalue weighted by Crippen LogP contribution is 2.31. The molecule has 23 heavy (non-hydrogen) atoms. The highest BCUT2D eigenvalue weighted by Gasteiger charge is 2.38. The maximum Gasteiger partial charge on any atom is 0.254 e. The first-order valence-electron chi connectivity index (χ1n) is 8.38. The van der Waals surface area contributed by atoms with Crippen molar-refractivity contribution in [1.29, 1.82) is 0 Å². The third-order valence-corrected chi connectivity index (χ3v) is 5.18. The van der Waals surface area contributed by atoms with Crippen LogP contribution in [0.3, 0.4) is 0 Å². The van der Waals surface area contributed by atoms with E-state index < -0.39 is 0 Å². The number of likely N-dealkylation sites (tertiary alicyclic amines) is 2. The number of hydrogen-bond acceptors (Lipinski definition) is 4. The SMILES string of the molecule is COc1cc(OC)cc(C(=O)N2CCC[C@H]2[C@H]2CCCN2C)c1. The van der Waals surface area contributed by atoms with Crippen molar-refractivity contribution in [2.24, 2.45) is 0 Å². The van der Waals surface area contributed by atoms with E-state index in [9.17, 15) is 4.79 Å². The molecule has 0 bridgehead atoms. The lowest BCUT2D eigenvalue weighted by molar-refractivity contribution is 0.0663. The number of likely N-dealkylation sites (N-methyl/N-ethyl adjacent to an activating group) is 1. The maximum atomic E-state index is 13.1. The summed E-state index contributed by atoms with van der Waals surface area (Å²) in [5, 5.41) is 0. The van der Waals surface area contributed by atoms with E-state index in [1.807, 2.05) is 0 Å². The molecule has 1 amide bonds. The number of rotatable bonds is 4. The molecule has 0 spiro atoms. The van der Waals surface area contributed by atoms with Gasteiger partial charge in [0.2, 0.25) is 0 Å². The van der Waals surface area contributed by atoms with E-state index >= 15 is 0 Å². The molecular formula is C18H26N2O3. The van der Waals surface area contributed by atoms with Crippen molar-refractivity contribution >= 4 is 5.91 Å². The molecular weight excluding hydrogens is 292 g/mol. The van der Waals surface area contributed by atoms with Gasteiger partial charge in [-0.2, -0.15) is 0 Å². The zero-order chi connectivity index (χ0) is 16.4. The van der Waals surface area contributed by atoms with E-state index in [4.69, 9.17) is 9.47 Å². The van der Waals surface area contributed by atoms with Gasteiger partial charge >= 0.3 is 0 Å². The molecule has 2 heterocycles. The first-order valence-corrected chi connectivity index (χ1v) is 8.38. The van der Waals surface area contributed by atoms with E-state index in [2.05, 4.69) is 16.8 Å². The Morgan fingerprint density at radius 3 is 2.17 bits per heavy atom. The normalized spacial score (nSPS) is 24.9. The molecule has 0 saturated carbocycles. The lowest BCUT2D eigenvalue weighted by atomic mass is 10.0. The summed E-state index contributed by atoms with van der Waals surface area (Å²) in [4.78, 5) is 17.5. The van der Waals surface area contributed by atoms with Gasteiger partial charge in [0.05, 0.1) is 14.2 Å². The third kappa shape index (κ3) is 3.15. The van der Waals surface area contributed by atoms with Gasteiger partial charge in [0.25, 0.3) is 5.91 Å². The molecule has 0 aliphatic carbocycles. The second kappa shape index (κ2) is 6.79. The van der Waals surface area contributed by atoms with E-state index in [1.54, 1.807) is 32.4 Å². The van der Waals surface area contributed by atoms with Crippen LogP contribution in [0, 0.1) is 0 Å². The Hall–Kier alpha value is -1.75. The molecule has 0 aromatic heterocycles. The van der Waals surface area contributed by atoms with Crippen LogP contribution in [-0.4, -0.2) is 62.1 Å². The number of methoxy groups -OCH3 is 2. The zero-order valence-corrected chi connectivity index (χ0v) is 14.2. The second-order valence-electron chi connectivity index (χ2n) is 6.50. The fourth-order valence-electron chi connectivity index (χ4n) is 3.96. The van der Waals surface area contributed by atoms with Crippen LogP contribution < -0.4 is 9.47 Å². The van der Waals surface area contributed by atoms with E-state index in [0.717, 1.165) is 25.9 Å². The molecule has 0 unspecified atom stereocenters. The summed E-state index contributed by atoms with van der Waals surface area (Å²) >= 11 is 0. The van der Waals surface area contributed by atoms with Crippen molar-refractivity contribution in [1.82, 2.24) is 9.80 Å². The van der Waals surface area contributed by atoms with E-state index in [-0.39, 0.29) is 5.91 Å². The Morgan fingerprint density at radius 2 is 1.61 bits per heavy atom. The van der Waals surface area contributed by atoms with Crippen LogP contribution in [0.5, 0.6) is 11.5 Å². The maximum absolute atomic E-state index is 13.1. The second-order valence-corrected chi connectivity index (χ2v) is 6.50. The summed E-state index contributed by atoms with van der Waals surface area (Å²) in [7, 11) is 5.39. The van der Waals surface area contributed by atoms with Crippen molar-refractivity contribution < 1.29 is 14.3 Å². The van der Waals surface area contributed by atoms with Crippen LogP contribution in [-0.2, 0) is 0 Å². The monoisotopic (exact) mass is 318 g/mol. The van der Waals surface area contributed by atoms with Crippen LogP contribution in [0.4, 0.5) is 0 Å². The van der Waals surface area contributed by atoms with Gasteiger partial charge in [-0.25, -0.2) is 0 Å². The molecule has 1 aromatic carbocycles. The summed E-state index contributed by atoms with van der Waals surface area (Å²) in [6.07, 6.45) is 4.60. The molecule has 0 N–H and O–H groups in total. The number of nitrogens with zero attached hydrogens (tertiary/aromatic N) is 2. The van der Waals surface area contributed by atoms with Crippen molar-refractivity contribution in [3.05, 3.63) is 23.8 Å². The predicted molar refractivity (Wildman–Crippen MR) is 89.3 cm³/mol. The van der Waals surface area contributed by atoms with Gasteiger partial charge in [0.1, 0.15) is 11.5 Å². The Kier molecular flexibility index (Phi) is 4.76. The van der Waals surface area contributed by atoms with Crippen molar-refractivity contribution in [3.8, 4) is 11.5 Å². The molecule has 2 saturated heterocycles. The van der Waals surface area contributed by atoms with Crippen LogP contribution >= 0.6 is 0 Å². The summed E-state index contributed by atoms with van der Waals surface area (Å²) in [6.45, 7) is 1.98. The van der Waals surface area contributed by atoms with Crippen LogP contribution in [0.1, 0.15) is 36.0 Å². The molecule has 2 aliphatic rings. The summed E-state index contributed by atoms with van der Waals surface area (Å²) in [5.41, 5.74) is 0.647. The lowest BCUT2D eigenvalue weighted by Gasteiger charge is -2.33. The van der Waals surface area contributed by atoms with E-state index in [0.29, 0.717) is 29.1 Å². The number of amides is 1. The van der Waals surface area contributed by atoms with Gasteiger partial charge in [-0.05, 0) is 51.4 Å². The third-order valence-electron chi connectivity index (χ3n) is 5.18. The predicted octanol–water partition coefficient (Wildman–Crippen LogP) is 2.40. The summed E-state index contributed by atoms with van der Waals surface area (Å²) in [6, 6.07) is 6.22. The molecule has 2 atom stereocenters. The minimum absolute atomic E-state index is 0.0880. The van der Waals surface area contributed by atoms with Crippen LogP contribution in [0.2, 0.25) is 0 Å². The first-order chi connectivity index (χ1) is 11.1. The average molecular weight is 318 g/mol. The first kappa shape index (κ1) is 16.1. The largest absolute Gasteiger partial charge is 0.497 e. The number of carbonyl (C=O) groups excluding carboxylic acids is 1. The minimum atomic E-state index is 0.0880. The topological polar surface area (TPSA) is 42.0 Å². The highest BCUT2D eigenvalue weighted by atomic mass is 16.5. The summed E-state index contributed by atoms with van der Waals surface area (Å²) < 4.78 is 10.6. The van der Waals surface area contributed by atoms with Gasteiger partial charge in [0.15, 0.2) is 0 Å². The molecule has 3 rings (SSSR count). The molecule has 5 heteroatoms. The van der Waals surface area contributed by atoms with Gasteiger partial charge in [-0.15, -0.1) is 0 Å². The number of carbonyl (C=O) groups is 1. The Bertz CT molecular complexity index is 553. The average Bonchev–Trinajstić information content (AvgIpc) is 3.21. The Morgan fingerprint density at radius 1 is 1.00 bits per heavy atom. The van der Waals surface area contributed by atoms with E-state index in [1.165, 1.54) is 12.8 Å². The fraction of sp³-hybridized carbons (Fsp3) is 0.611. The van der Waals surface area contributed by atoms with Crippen molar-refractivity contribution in [2.45, 2.75) is 37.8 Å². The molecule has 5 nitrogen and oxygen atoms in total. The Labute approximate surface area is 138 Å². The molecule has 126 valence electrons. The molecule has 2 aliphatic heterocycles. The molecule has 2 fully saturated rings. The molecule has 0 radical (unpaired) electrons. The summed E-state index contributed by atoms with van der Waals surface area (Å²) in [5.74, 6) is 1.40. The quantitative estimate of drug-likeness (QED) is 0.855. The van der Waals surface area contributed by atoms with Crippen molar-refractivity contribution in [2.75, 3.05) is 34.4 Å². The lowest BCUT2D eigenvalue weighted by Crippen LogP contribution is -2.47. The number of ether oxygens (including phenoxy) is 2. The van der Waals surface area contributed by atoms with Crippen LogP contribution in [0.25, 0.3) is 0 Å². The van der Waals surface area contributed by atoms with Gasteiger partial charge in [-0.3, -0.25) is 4.79 Å². The smallest absolute Gasteiger partial charge is 0.254 e. The fourth-order valence-corrected chi connectivity index (χ4v) is 3.96. The van der Waals surface area contributed by atoms with Gasteiger partial charge in [-0.1, -0.05) is 0 Å². The van der Waals surface area contributed by atoms with Crippen LogP contribution in [0.15, 0.2) is 18.2 Å². The standard InChI is InChI=1S/C18H26N2O3/c1-19-8-4-6-16(19)17-7-5-9-20(17)18(21)13-10-14(22-2)12-15(11-13)23-3/h10-12,16-17H,4-9H2,1-3H3/t16-,17+/m1/s1.